The number of hydrogen-bond donors (Lipinski definition) is 2. The van der Waals surface area contributed by atoms with Crippen molar-refractivity contribution in [3.8, 4) is 0 Å². The smallest absolute Gasteiger partial charge is 0.315 e. The highest BCUT2D eigenvalue weighted by molar-refractivity contribution is 5.98. The summed E-state index contributed by atoms with van der Waals surface area (Å²) in [6.07, 6.45) is -0.531. The van der Waals surface area contributed by atoms with Gasteiger partial charge in [-0.15, -0.1) is 0 Å². The van der Waals surface area contributed by atoms with E-state index in [2.05, 4.69) is 10.2 Å². The van der Waals surface area contributed by atoms with Crippen LogP contribution in [0.15, 0.2) is 24.3 Å². The van der Waals surface area contributed by atoms with E-state index in [9.17, 15) is 24.5 Å². The number of benzene rings is 1. The number of rotatable bonds is 4. The topological polar surface area (TPSA) is 128 Å². The van der Waals surface area contributed by atoms with E-state index in [0.29, 0.717) is 0 Å². The van der Waals surface area contributed by atoms with Gasteiger partial charge in [-0.1, -0.05) is 0 Å². The van der Waals surface area contributed by atoms with Crippen molar-refractivity contribution in [3.63, 3.8) is 0 Å². The van der Waals surface area contributed by atoms with Crippen molar-refractivity contribution < 1.29 is 24.0 Å². The first-order chi connectivity index (χ1) is 9.43. The molecule has 0 spiro atoms. The van der Waals surface area contributed by atoms with Crippen LogP contribution in [-0.2, 0) is 14.3 Å². The third-order valence-corrected chi connectivity index (χ3v) is 2.19. The van der Waals surface area contributed by atoms with Crippen molar-refractivity contribution in [1.29, 1.82) is 0 Å². The molecule has 0 saturated heterocycles. The summed E-state index contributed by atoms with van der Waals surface area (Å²) in [6.45, 7) is 0. The highest BCUT2D eigenvalue weighted by Crippen LogP contribution is 2.11. The van der Waals surface area contributed by atoms with Gasteiger partial charge < -0.3 is 4.74 Å². The highest BCUT2D eigenvalue weighted by atomic mass is 16.6. The van der Waals surface area contributed by atoms with E-state index >= 15 is 0 Å². The fourth-order valence-corrected chi connectivity index (χ4v) is 1.18. The summed E-state index contributed by atoms with van der Waals surface area (Å²) < 4.78 is 4.27. The Morgan fingerprint density at radius 3 is 2.30 bits per heavy atom. The Morgan fingerprint density at radius 1 is 1.20 bits per heavy atom. The summed E-state index contributed by atoms with van der Waals surface area (Å²) in [7, 11) is 1.13. The number of nitro groups is 1. The van der Waals surface area contributed by atoms with Gasteiger partial charge in [0.25, 0.3) is 11.6 Å². The SMILES string of the molecule is COC(=O)CC(=O)NNC(=O)c1ccc([N+](=O)[O-])cc1. The van der Waals surface area contributed by atoms with Crippen molar-refractivity contribution in [1.82, 2.24) is 10.9 Å². The van der Waals surface area contributed by atoms with Crippen molar-refractivity contribution in [2.45, 2.75) is 6.42 Å². The summed E-state index contributed by atoms with van der Waals surface area (Å²) in [5.74, 6) is -2.16. The van der Waals surface area contributed by atoms with E-state index < -0.39 is 29.1 Å². The minimum Gasteiger partial charge on any atom is -0.469 e. The number of amides is 2. The number of hydrazine groups is 1. The molecule has 9 heteroatoms. The molecule has 0 aromatic heterocycles. The zero-order valence-corrected chi connectivity index (χ0v) is 10.4. The van der Waals surface area contributed by atoms with Crippen LogP contribution < -0.4 is 10.9 Å². The largest absolute Gasteiger partial charge is 0.469 e. The molecule has 9 nitrogen and oxygen atoms in total. The summed E-state index contributed by atoms with van der Waals surface area (Å²) in [6, 6.07) is 4.79. The summed E-state index contributed by atoms with van der Waals surface area (Å²) in [4.78, 5) is 43.4. The van der Waals surface area contributed by atoms with Gasteiger partial charge in [0.1, 0.15) is 6.42 Å². The number of non-ortho nitro benzene ring substituents is 1. The molecule has 2 amide bonds. The van der Waals surface area contributed by atoms with Crippen LogP contribution in [0.1, 0.15) is 16.8 Å². The van der Waals surface area contributed by atoms with Crippen molar-refractivity contribution in [2.24, 2.45) is 0 Å². The molecule has 0 bridgehead atoms. The predicted octanol–water partition coefficient (Wildman–Crippen LogP) is -0.0811. The first-order valence-electron chi connectivity index (χ1n) is 5.34. The predicted molar refractivity (Wildman–Crippen MR) is 65.3 cm³/mol. The third-order valence-electron chi connectivity index (χ3n) is 2.19. The molecule has 0 fully saturated rings. The molecule has 106 valence electrons. The lowest BCUT2D eigenvalue weighted by Crippen LogP contribution is -2.42. The van der Waals surface area contributed by atoms with E-state index in [1.807, 2.05) is 5.43 Å². The van der Waals surface area contributed by atoms with Gasteiger partial charge >= 0.3 is 5.97 Å². The molecular formula is C11H11N3O6. The number of carbonyl (C=O) groups excluding carboxylic acids is 3. The Labute approximate surface area is 113 Å². The number of nitro benzene ring substituents is 1. The Balaban J connectivity index is 2.52. The number of methoxy groups -OCH3 is 1. The van der Waals surface area contributed by atoms with Crippen molar-refractivity contribution in [2.75, 3.05) is 7.11 Å². The third kappa shape index (κ3) is 4.37. The minimum absolute atomic E-state index is 0.119. The van der Waals surface area contributed by atoms with Gasteiger partial charge in [0.15, 0.2) is 0 Å². The number of carbonyl (C=O) groups is 3. The molecule has 0 radical (unpaired) electrons. The normalized spacial score (nSPS) is 9.45. The minimum atomic E-state index is -0.743. The molecule has 20 heavy (non-hydrogen) atoms. The molecule has 0 unspecified atom stereocenters. The molecule has 1 rings (SSSR count). The van der Waals surface area contributed by atoms with Crippen LogP contribution in [0.5, 0.6) is 0 Å². The Bertz CT molecular complexity index is 540. The quantitative estimate of drug-likeness (QED) is 0.344. The van der Waals surface area contributed by atoms with Crippen molar-refractivity contribution >= 4 is 23.5 Å². The maximum absolute atomic E-state index is 11.6. The molecule has 2 N–H and O–H groups in total. The fourth-order valence-electron chi connectivity index (χ4n) is 1.18. The van der Waals surface area contributed by atoms with Gasteiger partial charge in [0.05, 0.1) is 12.0 Å². The van der Waals surface area contributed by atoms with E-state index in [-0.39, 0.29) is 11.3 Å². The first kappa shape index (κ1) is 15.1. The van der Waals surface area contributed by atoms with Crippen LogP contribution in [0.2, 0.25) is 0 Å². The lowest BCUT2D eigenvalue weighted by molar-refractivity contribution is -0.384. The summed E-state index contributed by atoms with van der Waals surface area (Å²) in [5, 5.41) is 10.4. The van der Waals surface area contributed by atoms with Gasteiger partial charge in [-0.2, -0.15) is 0 Å². The van der Waals surface area contributed by atoms with Crippen LogP contribution in [0.25, 0.3) is 0 Å². The van der Waals surface area contributed by atoms with Gasteiger partial charge in [0, 0.05) is 17.7 Å². The van der Waals surface area contributed by atoms with Gasteiger partial charge in [-0.25, -0.2) is 0 Å². The first-order valence-corrected chi connectivity index (χ1v) is 5.34. The standard InChI is InChI=1S/C11H11N3O6/c1-20-10(16)6-9(15)12-13-11(17)7-2-4-8(5-3-7)14(18)19/h2-5H,6H2,1H3,(H,12,15)(H,13,17). The number of hydrogen-bond acceptors (Lipinski definition) is 6. The Kier molecular flexibility index (Phi) is 5.15. The average Bonchev–Trinajstić information content (AvgIpc) is 2.44. The Morgan fingerprint density at radius 2 is 1.80 bits per heavy atom. The number of ether oxygens (including phenoxy) is 1. The molecule has 1 aromatic rings. The number of nitrogens with one attached hydrogen (secondary N) is 2. The fraction of sp³-hybridized carbons (Fsp3) is 0.182. The van der Waals surface area contributed by atoms with Crippen LogP contribution in [0.3, 0.4) is 0 Å². The number of esters is 1. The molecular weight excluding hydrogens is 270 g/mol. The second-order valence-electron chi connectivity index (χ2n) is 3.56. The zero-order chi connectivity index (χ0) is 15.1. The molecule has 0 atom stereocenters. The van der Waals surface area contributed by atoms with Crippen LogP contribution >= 0.6 is 0 Å². The molecule has 0 aliphatic rings. The number of nitrogens with zero attached hydrogens (tertiary/aromatic N) is 1. The van der Waals surface area contributed by atoms with Crippen LogP contribution in [0.4, 0.5) is 5.69 Å². The summed E-state index contributed by atoms with van der Waals surface area (Å²) in [5.41, 5.74) is 4.03. The maximum Gasteiger partial charge on any atom is 0.315 e. The van der Waals surface area contributed by atoms with Crippen LogP contribution in [-0.4, -0.2) is 29.8 Å². The molecule has 1 aromatic carbocycles. The van der Waals surface area contributed by atoms with E-state index in [1.54, 1.807) is 0 Å². The van der Waals surface area contributed by atoms with Gasteiger partial charge in [-0.3, -0.25) is 35.3 Å². The molecule has 0 aliphatic carbocycles. The molecule has 0 heterocycles. The maximum atomic E-state index is 11.6. The molecule has 0 aliphatic heterocycles. The van der Waals surface area contributed by atoms with E-state index in [4.69, 9.17) is 0 Å². The van der Waals surface area contributed by atoms with E-state index in [0.717, 1.165) is 19.2 Å². The molecule has 0 saturated carbocycles. The highest BCUT2D eigenvalue weighted by Gasteiger charge is 2.12. The summed E-state index contributed by atoms with van der Waals surface area (Å²) >= 11 is 0. The van der Waals surface area contributed by atoms with Gasteiger partial charge in [0.2, 0.25) is 5.91 Å². The zero-order valence-electron chi connectivity index (χ0n) is 10.4. The monoisotopic (exact) mass is 281 g/mol. The van der Waals surface area contributed by atoms with Gasteiger partial charge in [-0.05, 0) is 12.1 Å². The second-order valence-corrected chi connectivity index (χ2v) is 3.56. The average molecular weight is 281 g/mol. The second kappa shape index (κ2) is 6.83. The lowest BCUT2D eigenvalue weighted by atomic mass is 10.2. The van der Waals surface area contributed by atoms with Crippen molar-refractivity contribution in [3.05, 3.63) is 39.9 Å². The lowest BCUT2D eigenvalue weighted by Gasteiger charge is -2.06. The van der Waals surface area contributed by atoms with Crippen LogP contribution in [0, 0.1) is 10.1 Å². The van der Waals surface area contributed by atoms with E-state index in [1.165, 1.54) is 12.1 Å². The Hall–Kier alpha value is -2.97.